The molecule has 2 aromatic heterocycles. The van der Waals surface area contributed by atoms with Gasteiger partial charge in [-0.05, 0) is 19.1 Å². The first kappa shape index (κ1) is 14.4. The standard InChI is InChI=1S/C17H18N4OS/c1-11-10-23-17(19-11)21-14-7-8-18-9-13(14)16(20-21)12-5-3-4-6-15(12)22-2/h3-6,10,18H,7-9H2,1-2H3. The lowest BCUT2D eigenvalue weighted by atomic mass is 10.0. The number of hydrogen-bond donors (Lipinski definition) is 1. The third-order valence-electron chi connectivity index (χ3n) is 4.08. The SMILES string of the molecule is COc1ccccc1-c1nn(-c2nc(C)cs2)c2c1CNCC2. The van der Waals surface area contributed by atoms with Gasteiger partial charge in [-0.1, -0.05) is 12.1 Å². The minimum Gasteiger partial charge on any atom is -0.496 e. The zero-order valence-corrected chi connectivity index (χ0v) is 14.0. The van der Waals surface area contributed by atoms with E-state index in [2.05, 4.69) is 21.7 Å². The molecule has 0 spiro atoms. The van der Waals surface area contributed by atoms with Crippen molar-refractivity contribution in [2.24, 2.45) is 0 Å². The summed E-state index contributed by atoms with van der Waals surface area (Å²) < 4.78 is 7.54. The second kappa shape index (κ2) is 5.79. The summed E-state index contributed by atoms with van der Waals surface area (Å²) in [5.41, 5.74) is 5.54. The molecule has 1 aromatic carbocycles. The molecule has 5 nitrogen and oxygen atoms in total. The van der Waals surface area contributed by atoms with Gasteiger partial charge in [-0.25, -0.2) is 9.67 Å². The summed E-state index contributed by atoms with van der Waals surface area (Å²) >= 11 is 1.63. The Morgan fingerprint density at radius 2 is 2.17 bits per heavy atom. The summed E-state index contributed by atoms with van der Waals surface area (Å²) in [7, 11) is 1.70. The molecule has 1 aliphatic heterocycles. The van der Waals surface area contributed by atoms with Crippen LogP contribution in [-0.2, 0) is 13.0 Å². The topological polar surface area (TPSA) is 52.0 Å². The Morgan fingerprint density at radius 3 is 2.96 bits per heavy atom. The Morgan fingerprint density at radius 1 is 1.30 bits per heavy atom. The van der Waals surface area contributed by atoms with Gasteiger partial charge >= 0.3 is 0 Å². The van der Waals surface area contributed by atoms with Crippen LogP contribution in [0.1, 0.15) is 17.0 Å². The van der Waals surface area contributed by atoms with Gasteiger partial charge in [-0.2, -0.15) is 5.10 Å². The number of aryl methyl sites for hydroxylation is 1. The van der Waals surface area contributed by atoms with Crippen molar-refractivity contribution in [3.05, 3.63) is 46.6 Å². The van der Waals surface area contributed by atoms with Crippen LogP contribution in [0.4, 0.5) is 0 Å². The van der Waals surface area contributed by atoms with Crippen LogP contribution in [0, 0.1) is 6.92 Å². The number of nitrogens with zero attached hydrogens (tertiary/aromatic N) is 3. The molecule has 3 heterocycles. The van der Waals surface area contributed by atoms with Crippen LogP contribution in [0.5, 0.6) is 5.75 Å². The number of hydrogen-bond acceptors (Lipinski definition) is 5. The van der Waals surface area contributed by atoms with Crippen LogP contribution >= 0.6 is 11.3 Å². The lowest BCUT2D eigenvalue weighted by molar-refractivity contribution is 0.416. The Hall–Kier alpha value is -2.18. The summed E-state index contributed by atoms with van der Waals surface area (Å²) in [5, 5.41) is 11.3. The molecule has 4 rings (SSSR count). The molecule has 0 radical (unpaired) electrons. The van der Waals surface area contributed by atoms with Gasteiger partial charge in [0.1, 0.15) is 11.4 Å². The van der Waals surface area contributed by atoms with Crippen molar-refractivity contribution in [3.8, 4) is 22.1 Å². The Balaban J connectivity index is 1.92. The maximum Gasteiger partial charge on any atom is 0.210 e. The van der Waals surface area contributed by atoms with E-state index in [9.17, 15) is 0 Å². The Kier molecular flexibility index (Phi) is 3.63. The van der Waals surface area contributed by atoms with Gasteiger partial charge in [0.2, 0.25) is 5.13 Å². The molecule has 0 amide bonds. The quantitative estimate of drug-likeness (QED) is 0.804. The molecule has 6 heteroatoms. The van der Waals surface area contributed by atoms with Crippen molar-refractivity contribution in [2.75, 3.05) is 13.7 Å². The van der Waals surface area contributed by atoms with Crippen LogP contribution in [-0.4, -0.2) is 28.4 Å². The first-order chi connectivity index (χ1) is 11.3. The maximum absolute atomic E-state index is 5.53. The zero-order valence-electron chi connectivity index (χ0n) is 13.2. The Bertz CT molecular complexity index is 852. The molecule has 0 bridgehead atoms. The maximum atomic E-state index is 5.53. The number of aromatic nitrogens is 3. The van der Waals surface area contributed by atoms with E-state index in [0.29, 0.717) is 0 Å². The highest BCUT2D eigenvalue weighted by molar-refractivity contribution is 7.12. The van der Waals surface area contributed by atoms with Crippen molar-refractivity contribution in [3.63, 3.8) is 0 Å². The fourth-order valence-corrected chi connectivity index (χ4v) is 3.78. The normalized spacial score (nSPS) is 13.8. The first-order valence-corrected chi connectivity index (χ1v) is 8.53. The van der Waals surface area contributed by atoms with Gasteiger partial charge in [-0.3, -0.25) is 0 Å². The number of para-hydroxylation sites is 1. The van der Waals surface area contributed by atoms with E-state index < -0.39 is 0 Å². The molecule has 0 saturated heterocycles. The summed E-state index contributed by atoms with van der Waals surface area (Å²) in [5.74, 6) is 0.848. The lowest BCUT2D eigenvalue weighted by Gasteiger charge is -2.15. The van der Waals surface area contributed by atoms with Crippen LogP contribution in [0.25, 0.3) is 16.4 Å². The number of thiazole rings is 1. The number of benzene rings is 1. The van der Waals surface area contributed by atoms with Crippen molar-refractivity contribution >= 4 is 11.3 Å². The van der Waals surface area contributed by atoms with Crippen molar-refractivity contribution in [1.82, 2.24) is 20.1 Å². The van der Waals surface area contributed by atoms with Gasteiger partial charge in [0, 0.05) is 36.0 Å². The summed E-state index contributed by atoms with van der Waals surface area (Å²) in [4.78, 5) is 4.61. The van der Waals surface area contributed by atoms with Gasteiger partial charge in [0.05, 0.1) is 18.5 Å². The fraction of sp³-hybridized carbons (Fsp3) is 0.294. The highest BCUT2D eigenvalue weighted by atomic mass is 32.1. The molecule has 118 valence electrons. The lowest BCUT2D eigenvalue weighted by Crippen LogP contribution is -2.24. The monoisotopic (exact) mass is 326 g/mol. The molecule has 0 saturated carbocycles. The zero-order chi connectivity index (χ0) is 15.8. The molecular formula is C17H18N4OS. The molecular weight excluding hydrogens is 308 g/mol. The third-order valence-corrected chi connectivity index (χ3v) is 5.01. The van der Waals surface area contributed by atoms with Crippen LogP contribution in [0.3, 0.4) is 0 Å². The first-order valence-electron chi connectivity index (χ1n) is 7.65. The summed E-state index contributed by atoms with van der Waals surface area (Å²) in [6, 6.07) is 8.04. The fourth-order valence-electron chi connectivity index (χ4n) is 3.00. The Labute approximate surface area is 138 Å². The van der Waals surface area contributed by atoms with E-state index in [4.69, 9.17) is 9.84 Å². The van der Waals surface area contributed by atoms with E-state index in [-0.39, 0.29) is 0 Å². The van der Waals surface area contributed by atoms with Gasteiger partial charge in [0.25, 0.3) is 0 Å². The average Bonchev–Trinajstić information content (AvgIpc) is 3.18. The molecule has 0 aliphatic carbocycles. The van der Waals surface area contributed by atoms with Crippen molar-refractivity contribution in [2.45, 2.75) is 19.9 Å². The number of ether oxygens (including phenoxy) is 1. The van der Waals surface area contributed by atoms with Crippen LogP contribution in [0.15, 0.2) is 29.6 Å². The summed E-state index contributed by atoms with van der Waals surface area (Å²) in [6.45, 7) is 3.81. The number of methoxy groups -OCH3 is 1. The van der Waals surface area contributed by atoms with E-state index in [1.54, 1.807) is 18.4 Å². The van der Waals surface area contributed by atoms with Gasteiger partial charge < -0.3 is 10.1 Å². The van der Waals surface area contributed by atoms with Crippen molar-refractivity contribution in [1.29, 1.82) is 0 Å². The van der Waals surface area contributed by atoms with Crippen LogP contribution < -0.4 is 10.1 Å². The second-order valence-electron chi connectivity index (χ2n) is 5.58. The minimum absolute atomic E-state index is 0.826. The predicted molar refractivity (Wildman–Crippen MR) is 91.4 cm³/mol. The van der Waals surface area contributed by atoms with Crippen molar-refractivity contribution < 1.29 is 4.74 Å². The summed E-state index contributed by atoms with van der Waals surface area (Å²) in [6.07, 6.45) is 0.954. The highest BCUT2D eigenvalue weighted by Crippen LogP contribution is 2.35. The number of rotatable bonds is 3. The van der Waals surface area contributed by atoms with Gasteiger partial charge in [0.15, 0.2) is 0 Å². The van der Waals surface area contributed by atoms with Gasteiger partial charge in [-0.15, -0.1) is 11.3 Å². The van der Waals surface area contributed by atoms with E-state index in [1.165, 1.54) is 11.3 Å². The van der Waals surface area contributed by atoms with E-state index >= 15 is 0 Å². The highest BCUT2D eigenvalue weighted by Gasteiger charge is 2.24. The van der Waals surface area contributed by atoms with E-state index in [0.717, 1.165) is 47.3 Å². The number of nitrogens with one attached hydrogen (secondary N) is 1. The molecule has 23 heavy (non-hydrogen) atoms. The molecule has 3 aromatic rings. The number of fused-ring (bicyclic) bond motifs is 1. The molecule has 1 N–H and O–H groups in total. The molecule has 0 atom stereocenters. The molecule has 0 unspecified atom stereocenters. The predicted octanol–water partition coefficient (Wildman–Crippen LogP) is 2.96. The second-order valence-corrected chi connectivity index (χ2v) is 6.42. The smallest absolute Gasteiger partial charge is 0.210 e. The van der Waals surface area contributed by atoms with Crippen LogP contribution in [0.2, 0.25) is 0 Å². The third kappa shape index (κ3) is 2.44. The average molecular weight is 326 g/mol. The molecule has 1 aliphatic rings. The molecule has 0 fully saturated rings. The minimum atomic E-state index is 0.826. The largest absolute Gasteiger partial charge is 0.496 e. The van der Waals surface area contributed by atoms with E-state index in [1.807, 2.05) is 29.8 Å².